The first-order chi connectivity index (χ1) is 7.23. The summed E-state index contributed by atoms with van der Waals surface area (Å²) in [5, 5.41) is 3.76. The molecule has 0 aromatic carbocycles. The lowest BCUT2D eigenvalue weighted by atomic mass is 9.63. The van der Waals surface area contributed by atoms with Crippen molar-refractivity contribution in [3.63, 3.8) is 0 Å². The van der Waals surface area contributed by atoms with E-state index < -0.39 is 0 Å². The Morgan fingerprint density at radius 1 is 1.19 bits per heavy atom. The molecule has 4 aliphatic rings. The zero-order valence-corrected chi connectivity index (χ0v) is 11.4. The third-order valence-electron chi connectivity index (χ3n) is 4.84. The van der Waals surface area contributed by atoms with Gasteiger partial charge in [0.1, 0.15) is 0 Å². The highest BCUT2D eigenvalue weighted by Crippen LogP contribution is 2.62. The van der Waals surface area contributed by atoms with Gasteiger partial charge in [-0.2, -0.15) is 0 Å². The molecule has 1 nitrogen and oxygen atoms in total. The van der Waals surface area contributed by atoms with Gasteiger partial charge in [0.15, 0.2) is 0 Å². The van der Waals surface area contributed by atoms with Gasteiger partial charge in [-0.3, -0.25) is 0 Å². The maximum atomic E-state index is 3.76. The first-order valence-corrected chi connectivity index (χ1v) is 6.48. The van der Waals surface area contributed by atoms with E-state index in [0.717, 1.165) is 5.92 Å². The van der Waals surface area contributed by atoms with E-state index in [0.29, 0.717) is 11.3 Å². The number of allylic oxidation sites excluding steroid dienone is 3. The Hall–Kier alpha value is -0.720. The Morgan fingerprint density at radius 3 is 2.31 bits per heavy atom. The molecule has 0 radical (unpaired) electrons. The Bertz CT molecular complexity index is 429. The van der Waals surface area contributed by atoms with Crippen LogP contribution in [0.2, 0.25) is 0 Å². The molecule has 2 unspecified atom stereocenters. The number of hydrogen-bond acceptors (Lipinski definition) is 1. The minimum atomic E-state index is 0.254. The largest absolute Gasteiger partial charge is 0.379 e. The van der Waals surface area contributed by atoms with E-state index in [2.05, 4.69) is 46.9 Å². The molecule has 0 aromatic rings. The van der Waals surface area contributed by atoms with Gasteiger partial charge in [0.2, 0.25) is 0 Å². The topological polar surface area (TPSA) is 12.0 Å². The number of rotatable bonds is 0. The predicted molar refractivity (Wildman–Crippen MR) is 68.0 cm³/mol. The van der Waals surface area contributed by atoms with Crippen molar-refractivity contribution < 1.29 is 0 Å². The lowest BCUT2D eigenvalue weighted by Gasteiger charge is -2.41. The van der Waals surface area contributed by atoms with Crippen molar-refractivity contribution in [3.8, 4) is 0 Å². The van der Waals surface area contributed by atoms with Crippen LogP contribution in [-0.4, -0.2) is 5.54 Å². The Balaban J connectivity index is 2.06. The Kier molecular flexibility index (Phi) is 1.68. The van der Waals surface area contributed by atoms with Gasteiger partial charge in [-0.05, 0) is 36.8 Å². The van der Waals surface area contributed by atoms with Crippen LogP contribution in [0.1, 0.15) is 48.0 Å². The van der Waals surface area contributed by atoms with Crippen molar-refractivity contribution >= 4 is 0 Å². The van der Waals surface area contributed by atoms with Crippen LogP contribution in [0.4, 0.5) is 0 Å². The fraction of sp³-hybridized carbons (Fsp3) is 0.733. The van der Waals surface area contributed by atoms with Crippen LogP contribution in [0.25, 0.3) is 0 Å². The van der Waals surface area contributed by atoms with Gasteiger partial charge in [-0.25, -0.2) is 0 Å². The lowest BCUT2D eigenvalue weighted by molar-refractivity contribution is 0.273. The minimum Gasteiger partial charge on any atom is -0.379 e. The summed E-state index contributed by atoms with van der Waals surface area (Å²) in [4.78, 5) is 0. The normalized spacial score (nSPS) is 35.1. The lowest BCUT2D eigenvalue weighted by Crippen LogP contribution is -2.39. The zero-order chi connectivity index (χ0) is 11.9. The van der Waals surface area contributed by atoms with Crippen molar-refractivity contribution in [2.75, 3.05) is 0 Å². The molecule has 4 rings (SSSR count). The third kappa shape index (κ3) is 1.02. The maximum absolute atomic E-state index is 3.76. The molecule has 1 heterocycles. The first-order valence-electron chi connectivity index (χ1n) is 6.48. The van der Waals surface area contributed by atoms with E-state index in [1.165, 1.54) is 12.1 Å². The van der Waals surface area contributed by atoms with Crippen LogP contribution < -0.4 is 5.32 Å². The molecule has 3 aliphatic carbocycles. The van der Waals surface area contributed by atoms with Crippen molar-refractivity contribution in [2.24, 2.45) is 17.3 Å². The van der Waals surface area contributed by atoms with Crippen LogP contribution in [-0.2, 0) is 0 Å². The van der Waals surface area contributed by atoms with Crippen molar-refractivity contribution in [1.29, 1.82) is 0 Å². The fourth-order valence-corrected chi connectivity index (χ4v) is 3.78. The Morgan fingerprint density at radius 2 is 1.81 bits per heavy atom. The average molecular weight is 217 g/mol. The molecule has 1 saturated carbocycles. The number of hydrogen-bond donors (Lipinski definition) is 1. The first kappa shape index (κ1) is 10.4. The highest BCUT2D eigenvalue weighted by Gasteiger charge is 2.54. The van der Waals surface area contributed by atoms with Crippen LogP contribution in [0, 0.1) is 17.3 Å². The van der Waals surface area contributed by atoms with Crippen LogP contribution >= 0.6 is 0 Å². The van der Waals surface area contributed by atoms with Crippen LogP contribution in [0.5, 0.6) is 0 Å². The summed E-state index contributed by atoms with van der Waals surface area (Å²) in [6, 6.07) is 0. The molecule has 16 heavy (non-hydrogen) atoms. The van der Waals surface area contributed by atoms with E-state index in [9.17, 15) is 0 Å². The van der Waals surface area contributed by atoms with E-state index in [1.807, 2.05) is 0 Å². The van der Waals surface area contributed by atoms with E-state index in [1.54, 1.807) is 16.7 Å². The third-order valence-corrected chi connectivity index (χ3v) is 4.84. The molecule has 1 aliphatic heterocycles. The summed E-state index contributed by atoms with van der Waals surface area (Å²) < 4.78 is 0. The van der Waals surface area contributed by atoms with Crippen molar-refractivity contribution in [3.05, 3.63) is 22.4 Å². The summed E-state index contributed by atoms with van der Waals surface area (Å²) in [5.74, 6) is 1.41. The summed E-state index contributed by atoms with van der Waals surface area (Å²) in [7, 11) is 0. The summed E-state index contributed by atoms with van der Waals surface area (Å²) in [6.07, 6.45) is 1.26. The highest BCUT2D eigenvalue weighted by molar-refractivity contribution is 5.63. The second-order valence-electron chi connectivity index (χ2n) is 7.38. The molecule has 0 spiro atoms. The molecule has 2 bridgehead atoms. The molecular weight excluding hydrogens is 194 g/mol. The van der Waals surface area contributed by atoms with E-state index in [4.69, 9.17) is 0 Å². The Labute approximate surface area is 99.0 Å². The summed E-state index contributed by atoms with van der Waals surface area (Å²) >= 11 is 0. The molecule has 0 amide bonds. The zero-order valence-electron chi connectivity index (χ0n) is 11.4. The van der Waals surface area contributed by atoms with E-state index in [-0.39, 0.29) is 5.54 Å². The monoisotopic (exact) mass is 217 g/mol. The average Bonchev–Trinajstić information content (AvgIpc) is 2.55. The van der Waals surface area contributed by atoms with Crippen LogP contribution in [0.3, 0.4) is 0 Å². The smallest absolute Gasteiger partial charge is 0.0384 e. The van der Waals surface area contributed by atoms with Crippen LogP contribution in [0.15, 0.2) is 22.4 Å². The SMILES string of the molecule is CC1C2=C3CC(=C2NC1(C)C)C3C(C)(C)C. The van der Waals surface area contributed by atoms with Gasteiger partial charge in [-0.15, -0.1) is 0 Å². The molecule has 1 saturated heterocycles. The van der Waals surface area contributed by atoms with Gasteiger partial charge in [0, 0.05) is 23.1 Å². The van der Waals surface area contributed by atoms with Gasteiger partial charge < -0.3 is 5.32 Å². The van der Waals surface area contributed by atoms with E-state index >= 15 is 0 Å². The van der Waals surface area contributed by atoms with Crippen molar-refractivity contribution in [1.82, 2.24) is 5.32 Å². The molecule has 0 aromatic heterocycles. The minimum absolute atomic E-state index is 0.254. The van der Waals surface area contributed by atoms with Gasteiger partial charge in [-0.1, -0.05) is 33.3 Å². The van der Waals surface area contributed by atoms with Gasteiger partial charge in [0.25, 0.3) is 0 Å². The quantitative estimate of drug-likeness (QED) is 0.653. The van der Waals surface area contributed by atoms with Crippen molar-refractivity contribution in [2.45, 2.75) is 53.5 Å². The molecule has 2 atom stereocenters. The predicted octanol–water partition coefficient (Wildman–Crippen LogP) is 3.63. The molecule has 88 valence electrons. The molecule has 1 N–H and O–H groups in total. The second-order valence-corrected chi connectivity index (χ2v) is 7.38. The highest BCUT2D eigenvalue weighted by atomic mass is 15.0. The number of nitrogens with one attached hydrogen (secondary N) is 1. The summed E-state index contributed by atoms with van der Waals surface area (Å²) in [6.45, 7) is 14.1. The summed E-state index contributed by atoms with van der Waals surface area (Å²) in [5.41, 5.74) is 7.27. The molecule has 2 fully saturated rings. The second kappa shape index (κ2) is 2.57. The fourth-order valence-electron chi connectivity index (χ4n) is 3.78. The van der Waals surface area contributed by atoms with Gasteiger partial charge in [0.05, 0.1) is 0 Å². The van der Waals surface area contributed by atoms with Gasteiger partial charge >= 0.3 is 0 Å². The standard InChI is InChI=1S/C15H23N/c1-8-11-9-7-10(12(9)14(2,3)4)13(11)16-15(8,5)6/h8,12,16H,7H2,1-6H3. The molecule has 1 heteroatoms. The molecular formula is C15H23N. The maximum Gasteiger partial charge on any atom is 0.0384 e.